The van der Waals surface area contributed by atoms with Gasteiger partial charge in [-0.1, -0.05) is 0 Å². The van der Waals surface area contributed by atoms with Crippen LogP contribution in [0.2, 0.25) is 0 Å². The minimum Gasteiger partial charge on any atom is -0.382 e. The fraction of sp³-hybridized carbons (Fsp3) is 0.636. The van der Waals surface area contributed by atoms with Gasteiger partial charge in [0.05, 0.1) is 19.8 Å². The Balaban J connectivity index is 1.91. The van der Waals surface area contributed by atoms with Crippen LogP contribution in [0.4, 0.5) is 0 Å². The monoisotopic (exact) mass is 308 g/mol. The fourth-order valence-corrected chi connectivity index (χ4v) is 2.50. The number of thiophene rings is 1. The molecule has 3 nitrogen and oxygen atoms in total. The summed E-state index contributed by atoms with van der Waals surface area (Å²) in [6.45, 7) is 3.46. The topological polar surface area (TPSA) is 27.7 Å². The first kappa shape index (κ1) is 14.1. The molecule has 1 rings (SSSR count). The molecule has 1 heterocycles. The minimum absolute atomic E-state index is 0.656. The molecule has 0 amide bonds. The van der Waals surface area contributed by atoms with Gasteiger partial charge in [-0.2, -0.15) is 0 Å². The normalized spacial score (nSPS) is 10.9. The van der Waals surface area contributed by atoms with E-state index in [-0.39, 0.29) is 0 Å². The van der Waals surface area contributed by atoms with Gasteiger partial charge in [0, 0.05) is 29.7 Å². The zero-order valence-electron chi connectivity index (χ0n) is 9.41. The molecular weight excluding hydrogens is 292 g/mol. The molecule has 0 atom stereocenters. The summed E-state index contributed by atoms with van der Waals surface area (Å²) in [6, 6.07) is 2.04. The van der Waals surface area contributed by atoms with Gasteiger partial charge in [-0.3, -0.25) is 0 Å². The Kier molecular flexibility index (Phi) is 8.06. The van der Waals surface area contributed by atoms with E-state index in [0.717, 1.165) is 24.1 Å². The first-order valence-electron chi connectivity index (χ1n) is 5.21. The molecule has 0 radical (unpaired) electrons. The van der Waals surface area contributed by atoms with Gasteiger partial charge in [-0.25, -0.2) is 0 Å². The van der Waals surface area contributed by atoms with E-state index in [1.165, 1.54) is 4.88 Å². The maximum Gasteiger partial charge on any atom is 0.0820 e. The SMILES string of the molecule is COCCOCCCOCc1sccc1Br. The number of halogens is 1. The van der Waals surface area contributed by atoms with E-state index >= 15 is 0 Å². The second-order valence-electron chi connectivity index (χ2n) is 3.20. The lowest BCUT2D eigenvalue weighted by Gasteiger charge is -2.04. The van der Waals surface area contributed by atoms with E-state index in [0.29, 0.717) is 19.8 Å². The highest BCUT2D eigenvalue weighted by atomic mass is 79.9. The average Bonchev–Trinajstić information content (AvgIpc) is 2.68. The van der Waals surface area contributed by atoms with Crippen LogP contribution in [0.25, 0.3) is 0 Å². The standard InChI is InChI=1S/C11H17BrO3S/c1-13-6-7-14-4-2-5-15-9-11-10(12)3-8-16-11/h3,8H,2,4-7,9H2,1H3. The Bertz CT molecular complexity index is 278. The largest absolute Gasteiger partial charge is 0.382 e. The van der Waals surface area contributed by atoms with Crippen LogP contribution in [-0.4, -0.2) is 33.5 Å². The van der Waals surface area contributed by atoms with Gasteiger partial charge in [-0.15, -0.1) is 11.3 Å². The van der Waals surface area contributed by atoms with Gasteiger partial charge >= 0.3 is 0 Å². The Morgan fingerprint density at radius 2 is 2.00 bits per heavy atom. The van der Waals surface area contributed by atoms with E-state index in [4.69, 9.17) is 14.2 Å². The van der Waals surface area contributed by atoms with Crippen molar-refractivity contribution in [3.63, 3.8) is 0 Å². The maximum absolute atomic E-state index is 5.53. The fourth-order valence-electron chi connectivity index (χ4n) is 1.10. The number of rotatable bonds is 9. The molecular formula is C11H17BrO3S. The molecule has 0 aliphatic rings. The molecule has 0 aromatic carbocycles. The summed E-state index contributed by atoms with van der Waals surface area (Å²) >= 11 is 5.17. The summed E-state index contributed by atoms with van der Waals surface area (Å²) in [6.07, 6.45) is 0.923. The van der Waals surface area contributed by atoms with Crippen LogP contribution in [0.3, 0.4) is 0 Å². The first-order valence-corrected chi connectivity index (χ1v) is 6.88. The molecule has 0 fully saturated rings. The lowest BCUT2D eigenvalue weighted by molar-refractivity contribution is 0.0487. The van der Waals surface area contributed by atoms with Crippen molar-refractivity contribution in [3.05, 3.63) is 20.8 Å². The maximum atomic E-state index is 5.53. The smallest absolute Gasteiger partial charge is 0.0820 e. The highest BCUT2D eigenvalue weighted by Crippen LogP contribution is 2.23. The number of hydrogen-bond acceptors (Lipinski definition) is 4. The average molecular weight is 309 g/mol. The second kappa shape index (κ2) is 9.13. The van der Waals surface area contributed by atoms with Crippen molar-refractivity contribution >= 4 is 27.3 Å². The second-order valence-corrected chi connectivity index (χ2v) is 5.06. The third-order valence-electron chi connectivity index (χ3n) is 1.93. The Labute approximate surface area is 109 Å². The van der Waals surface area contributed by atoms with Crippen LogP contribution >= 0.6 is 27.3 Å². The van der Waals surface area contributed by atoms with Crippen LogP contribution in [0.1, 0.15) is 11.3 Å². The Morgan fingerprint density at radius 1 is 1.19 bits per heavy atom. The lowest BCUT2D eigenvalue weighted by Crippen LogP contribution is -2.05. The summed E-state index contributed by atoms with van der Waals surface area (Å²) in [5, 5.41) is 2.05. The molecule has 5 heteroatoms. The molecule has 1 aromatic rings. The Hall–Kier alpha value is 0.0600. The third kappa shape index (κ3) is 5.96. The van der Waals surface area contributed by atoms with E-state index in [1.807, 2.05) is 6.07 Å². The van der Waals surface area contributed by atoms with E-state index in [1.54, 1.807) is 18.4 Å². The predicted molar refractivity (Wildman–Crippen MR) is 69.0 cm³/mol. The molecule has 0 aliphatic heterocycles. The van der Waals surface area contributed by atoms with Crippen molar-refractivity contribution in [2.45, 2.75) is 13.0 Å². The van der Waals surface area contributed by atoms with Gasteiger partial charge in [0.25, 0.3) is 0 Å². The zero-order chi connectivity index (χ0) is 11.6. The van der Waals surface area contributed by atoms with Crippen molar-refractivity contribution in [2.24, 2.45) is 0 Å². The molecule has 0 saturated heterocycles. The molecule has 1 aromatic heterocycles. The third-order valence-corrected chi connectivity index (χ3v) is 3.83. The van der Waals surface area contributed by atoms with Gasteiger partial charge in [0.1, 0.15) is 0 Å². The molecule has 92 valence electrons. The molecule has 0 spiro atoms. The minimum atomic E-state index is 0.656. The molecule has 16 heavy (non-hydrogen) atoms. The van der Waals surface area contributed by atoms with E-state index < -0.39 is 0 Å². The van der Waals surface area contributed by atoms with Crippen molar-refractivity contribution in [1.29, 1.82) is 0 Å². The quantitative estimate of drug-likeness (QED) is 0.656. The summed E-state index contributed by atoms with van der Waals surface area (Å²) < 4.78 is 16.9. The van der Waals surface area contributed by atoms with E-state index in [9.17, 15) is 0 Å². The van der Waals surface area contributed by atoms with Crippen LogP contribution in [0.15, 0.2) is 15.9 Å². The zero-order valence-corrected chi connectivity index (χ0v) is 11.8. The first-order chi connectivity index (χ1) is 7.84. The number of methoxy groups -OCH3 is 1. The summed E-state index contributed by atoms with van der Waals surface area (Å²) in [5.74, 6) is 0. The van der Waals surface area contributed by atoms with E-state index in [2.05, 4.69) is 21.3 Å². The van der Waals surface area contributed by atoms with Crippen molar-refractivity contribution in [1.82, 2.24) is 0 Å². The predicted octanol–water partition coefficient (Wildman–Crippen LogP) is 3.08. The van der Waals surface area contributed by atoms with Crippen LogP contribution in [0, 0.1) is 0 Å². The van der Waals surface area contributed by atoms with Crippen molar-refractivity contribution in [2.75, 3.05) is 33.5 Å². The number of hydrogen-bond donors (Lipinski definition) is 0. The van der Waals surface area contributed by atoms with Gasteiger partial charge in [-0.05, 0) is 33.8 Å². The highest BCUT2D eigenvalue weighted by molar-refractivity contribution is 9.10. The molecule has 0 N–H and O–H groups in total. The lowest BCUT2D eigenvalue weighted by atomic mass is 10.4. The van der Waals surface area contributed by atoms with Crippen LogP contribution < -0.4 is 0 Å². The van der Waals surface area contributed by atoms with Crippen molar-refractivity contribution < 1.29 is 14.2 Å². The van der Waals surface area contributed by atoms with Crippen LogP contribution in [-0.2, 0) is 20.8 Å². The summed E-state index contributed by atoms with van der Waals surface area (Å²) in [7, 11) is 1.67. The molecule has 0 saturated carbocycles. The van der Waals surface area contributed by atoms with Gasteiger partial charge in [0.2, 0.25) is 0 Å². The molecule has 0 aliphatic carbocycles. The number of ether oxygens (including phenoxy) is 3. The molecule has 0 unspecified atom stereocenters. The Morgan fingerprint density at radius 3 is 2.69 bits per heavy atom. The van der Waals surface area contributed by atoms with Gasteiger partial charge in [0.15, 0.2) is 0 Å². The highest BCUT2D eigenvalue weighted by Gasteiger charge is 2.00. The van der Waals surface area contributed by atoms with Crippen LogP contribution in [0.5, 0.6) is 0 Å². The van der Waals surface area contributed by atoms with Crippen molar-refractivity contribution in [3.8, 4) is 0 Å². The van der Waals surface area contributed by atoms with Gasteiger partial charge < -0.3 is 14.2 Å². The summed E-state index contributed by atoms with van der Waals surface area (Å²) in [4.78, 5) is 1.24. The summed E-state index contributed by atoms with van der Waals surface area (Å²) in [5.41, 5.74) is 0. The molecule has 0 bridgehead atoms.